The number of anilines is 1. The molecule has 1 saturated heterocycles. The van der Waals surface area contributed by atoms with E-state index in [-0.39, 0.29) is 5.91 Å². The second-order valence-electron chi connectivity index (χ2n) is 6.51. The Morgan fingerprint density at radius 3 is 2.30 bits per heavy atom. The van der Waals surface area contributed by atoms with Crippen LogP contribution in [0.4, 0.5) is 10.5 Å². The Bertz CT molecular complexity index is 785. The molecule has 2 N–H and O–H groups in total. The van der Waals surface area contributed by atoms with Gasteiger partial charge in [0.15, 0.2) is 12.4 Å². The van der Waals surface area contributed by atoms with E-state index in [2.05, 4.69) is 10.6 Å². The van der Waals surface area contributed by atoms with Crippen LogP contribution in [-0.4, -0.2) is 53.2 Å². The van der Waals surface area contributed by atoms with Crippen molar-refractivity contribution in [2.75, 3.05) is 18.5 Å². The fourth-order valence-corrected chi connectivity index (χ4v) is 2.35. The van der Waals surface area contributed by atoms with Crippen LogP contribution in [0.2, 0.25) is 0 Å². The van der Waals surface area contributed by atoms with Crippen molar-refractivity contribution in [3.63, 3.8) is 0 Å². The molecule has 0 atom stereocenters. The molecule has 0 bridgehead atoms. The van der Waals surface area contributed by atoms with Crippen LogP contribution in [0, 0.1) is 0 Å². The third-order valence-electron chi connectivity index (χ3n) is 3.91. The standard InChI is InChI=1S/C18H21N3O6/c1-4-14(23)19-12-7-5-11(6-8-12)13(22)10-27-15(24)9-21-16(25)18(2,3)20-17(21)26/h5-8H,4,9-10H2,1-3H3,(H,19,23)(H,20,26). The summed E-state index contributed by atoms with van der Waals surface area (Å²) in [6, 6.07) is 5.46. The van der Waals surface area contributed by atoms with Gasteiger partial charge in [0.1, 0.15) is 12.1 Å². The number of Topliss-reactive ketones (excluding diaryl/α,β-unsaturated/α-hetero) is 1. The molecule has 0 spiro atoms. The van der Waals surface area contributed by atoms with Gasteiger partial charge in [0.25, 0.3) is 5.91 Å². The van der Waals surface area contributed by atoms with Gasteiger partial charge in [-0.05, 0) is 38.1 Å². The van der Waals surface area contributed by atoms with E-state index in [0.717, 1.165) is 4.90 Å². The molecule has 0 aliphatic carbocycles. The first-order valence-electron chi connectivity index (χ1n) is 8.37. The number of imide groups is 1. The Labute approximate surface area is 156 Å². The highest BCUT2D eigenvalue weighted by Gasteiger charge is 2.45. The number of nitrogens with one attached hydrogen (secondary N) is 2. The molecule has 9 nitrogen and oxygen atoms in total. The van der Waals surface area contributed by atoms with E-state index in [1.54, 1.807) is 19.1 Å². The minimum absolute atomic E-state index is 0.147. The molecule has 1 aliphatic rings. The highest BCUT2D eigenvalue weighted by molar-refractivity contribution is 6.08. The number of hydrogen-bond acceptors (Lipinski definition) is 6. The normalized spacial score (nSPS) is 15.3. The molecule has 0 saturated carbocycles. The van der Waals surface area contributed by atoms with E-state index < -0.39 is 42.4 Å². The van der Waals surface area contributed by atoms with Gasteiger partial charge in [-0.25, -0.2) is 4.79 Å². The van der Waals surface area contributed by atoms with E-state index >= 15 is 0 Å². The number of esters is 1. The fraction of sp³-hybridized carbons (Fsp3) is 0.389. The Morgan fingerprint density at radius 2 is 1.78 bits per heavy atom. The molecule has 2 rings (SSSR count). The first-order valence-corrected chi connectivity index (χ1v) is 8.37. The van der Waals surface area contributed by atoms with Crippen LogP contribution in [0.1, 0.15) is 37.6 Å². The number of hydrogen-bond donors (Lipinski definition) is 2. The van der Waals surface area contributed by atoms with Gasteiger partial charge < -0.3 is 15.4 Å². The maximum Gasteiger partial charge on any atom is 0.326 e. The highest BCUT2D eigenvalue weighted by Crippen LogP contribution is 2.16. The molecule has 1 aromatic rings. The monoisotopic (exact) mass is 375 g/mol. The number of carbonyl (C=O) groups excluding carboxylic acids is 5. The Morgan fingerprint density at radius 1 is 1.15 bits per heavy atom. The summed E-state index contributed by atoms with van der Waals surface area (Å²) in [6.07, 6.45) is 0.339. The maximum absolute atomic E-state index is 12.1. The summed E-state index contributed by atoms with van der Waals surface area (Å²) >= 11 is 0. The summed E-state index contributed by atoms with van der Waals surface area (Å²) in [4.78, 5) is 59.7. The molecule has 1 fully saturated rings. The van der Waals surface area contributed by atoms with Crippen LogP contribution in [0.25, 0.3) is 0 Å². The van der Waals surface area contributed by atoms with Crippen molar-refractivity contribution < 1.29 is 28.7 Å². The highest BCUT2D eigenvalue weighted by atomic mass is 16.5. The summed E-state index contributed by atoms with van der Waals surface area (Å²) in [5.41, 5.74) is -0.229. The second-order valence-corrected chi connectivity index (χ2v) is 6.51. The number of urea groups is 1. The zero-order valence-electron chi connectivity index (χ0n) is 15.3. The molecule has 9 heteroatoms. The molecular formula is C18H21N3O6. The lowest BCUT2D eigenvalue weighted by Crippen LogP contribution is -2.41. The van der Waals surface area contributed by atoms with Crippen molar-refractivity contribution in [3.8, 4) is 0 Å². The van der Waals surface area contributed by atoms with Crippen molar-refractivity contribution in [2.45, 2.75) is 32.7 Å². The molecule has 4 amide bonds. The van der Waals surface area contributed by atoms with E-state index in [0.29, 0.717) is 17.7 Å². The number of ketones is 1. The summed E-state index contributed by atoms with van der Waals surface area (Å²) < 4.78 is 4.87. The van der Waals surface area contributed by atoms with E-state index in [1.165, 1.54) is 26.0 Å². The second kappa shape index (κ2) is 7.98. The van der Waals surface area contributed by atoms with Crippen LogP contribution >= 0.6 is 0 Å². The number of nitrogens with zero attached hydrogens (tertiary/aromatic N) is 1. The molecule has 1 heterocycles. The van der Waals surface area contributed by atoms with E-state index in [1.807, 2.05) is 0 Å². The fourth-order valence-electron chi connectivity index (χ4n) is 2.35. The minimum Gasteiger partial charge on any atom is -0.456 e. The molecule has 0 radical (unpaired) electrons. The van der Waals surface area contributed by atoms with Gasteiger partial charge in [0.2, 0.25) is 5.91 Å². The zero-order valence-corrected chi connectivity index (χ0v) is 15.3. The lowest BCUT2D eigenvalue weighted by atomic mass is 10.1. The third kappa shape index (κ3) is 4.90. The molecule has 1 aromatic carbocycles. The van der Waals surface area contributed by atoms with Gasteiger partial charge in [-0.1, -0.05) is 6.92 Å². The van der Waals surface area contributed by atoms with Gasteiger partial charge in [0.05, 0.1) is 0 Å². The predicted molar refractivity (Wildman–Crippen MR) is 95.0 cm³/mol. The van der Waals surface area contributed by atoms with Gasteiger partial charge in [-0.15, -0.1) is 0 Å². The summed E-state index contributed by atoms with van der Waals surface area (Å²) in [5, 5.41) is 5.10. The van der Waals surface area contributed by atoms with Crippen LogP contribution in [-0.2, 0) is 19.1 Å². The number of ether oxygens (including phenoxy) is 1. The van der Waals surface area contributed by atoms with Crippen molar-refractivity contribution in [2.24, 2.45) is 0 Å². The molecular weight excluding hydrogens is 354 g/mol. The topological polar surface area (TPSA) is 122 Å². The molecule has 0 aromatic heterocycles. The van der Waals surface area contributed by atoms with Gasteiger partial charge in [0, 0.05) is 17.7 Å². The van der Waals surface area contributed by atoms with Crippen molar-refractivity contribution in [1.29, 1.82) is 0 Å². The lowest BCUT2D eigenvalue weighted by molar-refractivity contribution is -0.146. The lowest BCUT2D eigenvalue weighted by Gasteiger charge is -2.15. The van der Waals surface area contributed by atoms with Crippen LogP contribution in [0.3, 0.4) is 0 Å². The van der Waals surface area contributed by atoms with Crippen LogP contribution in [0.5, 0.6) is 0 Å². The zero-order chi connectivity index (χ0) is 20.2. The quantitative estimate of drug-likeness (QED) is 0.418. The smallest absolute Gasteiger partial charge is 0.326 e. The van der Waals surface area contributed by atoms with E-state index in [9.17, 15) is 24.0 Å². The number of amides is 4. The largest absolute Gasteiger partial charge is 0.456 e. The molecule has 27 heavy (non-hydrogen) atoms. The first-order chi connectivity index (χ1) is 12.6. The minimum atomic E-state index is -1.08. The maximum atomic E-state index is 12.1. The SMILES string of the molecule is CCC(=O)Nc1ccc(C(=O)COC(=O)CN2C(=O)NC(C)(C)C2=O)cc1. The average Bonchev–Trinajstić information content (AvgIpc) is 2.81. The summed E-state index contributed by atoms with van der Waals surface area (Å²) in [6.45, 7) is 3.68. The third-order valence-corrected chi connectivity index (χ3v) is 3.91. The van der Waals surface area contributed by atoms with E-state index in [4.69, 9.17) is 4.74 Å². The predicted octanol–water partition coefficient (Wildman–Crippen LogP) is 1.09. The Balaban J connectivity index is 1.86. The first kappa shape index (κ1) is 20.1. The Hall–Kier alpha value is -3.23. The Kier molecular flexibility index (Phi) is 5.94. The van der Waals surface area contributed by atoms with Crippen LogP contribution < -0.4 is 10.6 Å². The average molecular weight is 375 g/mol. The number of rotatable bonds is 7. The van der Waals surface area contributed by atoms with Gasteiger partial charge in [-0.2, -0.15) is 0 Å². The summed E-state index contributed by atoms with van der Waals surface area (Å²) in [7, 11) is 0. The van der Waals surface area contributed by atoms with Gasteiger partial charge >= 0.3 is 12.0 Å². The van der Waals surface area contributed by atoms with Crippen LogP contribution in [0.15, 0.2) is 24.3 Å². The van der Waals surface area contributed by atoms with Crippen molar-refractivity contribution >= 4 is 35.3 Å². The van der Waals surface area contributed by atoms with Crippen molar-refractivity contribution in [1.82, 2.24) is 10.2 Å². The van der Waals surface area contributed by atoms with Crippen molar-refractivity contribution in [3.05, 3.63) is 29.8 Å². The number of carbonyl (C=O) groups is 5. The molecule has 1 aliphatic heterocycles. The molecule has 0 unspecified atom stereocenters. The molecule has 144 valence electrons. The number of benzene rings is 1. The van der Waals surface area contributed by atoms with Gasteiger partial charge in [-0.3, -0.25) is 24.1 Å². The summed E-state index contributed by atoms with van der Waals surface area (Å²) in [5.74, 6) is -2.00.